The third-order valence-corrected chi connectivity index (χ3v) is 3.62. The van der Waals surface area contributed by atoms with E-state index in [0.29, 0.717) is 0 Å². The third kappa shape index (κ3) is 2.08. The molecule has 0 bridgehead atoms. The summed E-state index contributed by atoms with van der Waals surface area (Å²) in [6, 6.07) is 1.31. The van der Waals surface area contributed by atoms with Crippen LogP contribution in [0.4, 0.5) is 13.2 Å². The Morgan fingerprint density at radius 2 is 1.86 bits per heavy atom. The Hall–Kier alpha value is -2.32. The van der Waals surface area contributed by atoms with E-state index in [1.165, 1.54) is 0 Å². The molecule has 0 unspecified atom stereocenters. The summed E-state index contributed by atoms with van der Waals surface area (Å²) in [5.74, 6) is -5.69. The fraction of sp³-hybridized carbons (Fsp3) is 0.462. The molecule has 0 aliphatic carbocycles. The maximum atomic E-state index is 14.8. The number of amidine groups is 1. The van der Waals surface area contributed by atoms with Crippen LogP contribution in [-0.4, -0.2) is 28.4 Å². The molecule has 0 saturated carbocycles. The maximum Gasteiger partial charge on any atom is 0.316 e. The van der Waals surface area contributed by atoms with Crippen LogP contribution in [0.1, 0.15) is 37.0 Å². The zero-order chi connectivity index (χ0) is 16.9. The summed E-state index contributed by atoms with van der Waals surface area (Å²) in [4.78, 5) is 18.3. The number of carbonyl (C=O) groups excluding carboxylic acids is 1. The van der Waals surface area contributed by atoms with E-state index in [1.807, 2.05) is 0 Å². The largest absolute Gasteiger partial charge is 0.453 e. The van der Waals surface area contributed by atoms with Crippen molar-refractivity contribution in [3.8, 4) is 0 Å². The van der Waals surface area contributed by atoms with Crippen molar-refractivity contribution in [1.29, 1.82) is 0 Å². The van der Waals surface area contributed by atoms with E-state index in [4.69, 9.17) is 16.2 Å². The van der Waals surface area contributed by atoms with Gasteiger partial charge in [-0.3, -0.25) is 4.79 Å². The first-order valence-electron chi connectivity index (χ1n) is 6.31. The highest BCUT2D eigenvalue weighted by atomic mass is 19.3. The second kappa shape index (κ2) is 4.59. The summed E-state index contributed by atoms with van der Waals surface area (Å²) >= 11 is 0. The van der Waals surface area contributed by atoms with Crippen molar-refractivity contribution < 1.29 is 22.7 Å². The molecule has 1 aliphatic heterocycles. The smallest absolute Gasteiger partial charge is 0.316 e. The summed E-state index contributed by atoms with van der Waals surface area (Å²) < 4.78 is 48.5. The molecule has 6 nitrogen and oxygen atoms in total. The first kappa shape index (κ1) is 16.1. The van der Waals surface area contributed by atoms with Crippen molar-refractivity contribution in [3.05, 3.63) is 29.3 Å². The van der Waals surface area contributed by atoms with Crippen LogP contribution in [0.2, 0.25) is 0 Å². The summed E-state index contributed by atoms with van der Waals surface area (Å²) in [6.07, 6.45) is 0. The minimum atomic E-state index is -3.66. The second-order valence-electron chi connectivity index (χ2n) is 5.60. The van der Waals surface area contributed by atoms with Crippen LogP contribution < -0.4 is 11.5 Å². The molecule has 0 radical (unpaired) electrons. The third-order valence-electron chi connectivity index (χ3n) is 3.62. The van der Waals surface area contributed by atoms with E-state index >= 15 is 0 Å². The Morgan fingerprint density at radius 3 is 2.41 bits per heavy atom. The number of carbonyl (C=O) groups is 1. The number of halogens is 3. The van der Waals surface area contributed by atoms with Crippen LogP contribution in [-0.2, 0) is 10.3 Å². The van der Waals surface area contributed by atoms with Crippen molar-refractivity contribution in [2.75, 3.05) is 0 Å². The minimum Gasteiger partial charge on any atom is -0.453 e. The van der Waals surface area contributed by atoms with E-state index < -0.39 is 40.5 Å². The van der Waals surface area contributed by atoms with Crippen molar-refractivity contribution >= 4 is 11.9 Å². The molecule has 2 heterocycles. The molecule has 1 amide bonds. The van der Waals surface area contributed by atoms with E-state index in [2.05, 4.69) is 9.98 Å². The van der Waals surface area contributed by atoms with Crippen molar-refractivity contribution in [2.24, 2.45) is 16.5 Å². The number of nitrogens with two attached hydrogens (primary N) is 2. The number of alkyl halides is 2. The van der Waals surface area contributed by atoms with Crippen LogP contribution >= 0.6 is 0 Å². The van der Waals surface area contributed by atoms with Crippen LogP contribution in [0.3, 0.4) is 0 Å². The van der Waals surface area contributed by atoms with Gasteiger partial charge in [0.2, 0.25) is 0 Å². The number of nitrogens with zero attached hydrogens (tertiary/aromatic N) is 2. The molecule has 1 aromatic heterocycles. The number of rotatable bonds is 2. The highest BCUT2D eigenvalue weighted by Gasteiger charge is 2.67. The lowest BCUT2D eigenvalue weighted by atomic mass is 9.79. The van der Waals surface area contributed by atoms with Gasteiger partial charge in [-0.05, 0) is 32.9 Å². The monoisotopic (exact) mass is 316 g/mol. The predicted octanol–water partition coefficient (Wildman–Crippen LogP) is 1.29. The topological polar surface area (TPSA) is 104 Å². The Labute approximate surface area is 124 Å². The Bertz CT molecular complexity index is 675. The molecule has 120 valence electrons. The second-order valence-corrected chi connectivity index (χ2v) is 5.60. The lowest BCUT2D eigenvalue weighted by Crippen LogP contribution is -2.62. The summed E-state index contributed by atoms with van der Waals surface area (Å²) in [5.41, 5.74) is 4.92. The van der Waals surface area contributed by atoms with Gasteiger partial charge in [0.25, 0.3) is 11.9 Å². The average molecular weight is 316 g/mol. The van der Waals surface area contributed by atoms with Gasteiger partial charge in [-0.15, -0.1) is 0 Å². The summed E-state index contributed by atoms with van der Waals surface area (Å²) in [6.45, 7) is 3.17. The van der Waals surface area contributed by atoms with Crippen molar-refractivity contribution in [2.45, 2.75) is 37.8 Å². The molecule has 0 aromatic carbocycles. The standard InChI is InChI=1S/C13H15F3N4O2/c1-11(2)13(15,16)12(3,20-10(18)22-11)8-6(14)4-5-7(19-8)9(17)21/h4-5H,1-3H3,(H2,17,21)(H2,18,20)/t12-/m1/s1. The maximum absolute atomic E-state index is 14.8. The number of aromatic nitrogens is 1. The number of pyridine rings is 1. The van der Waals surface area contributed by atoms with E-state index in [-0.39, 0.29) is 5.69 Å². The van der Waals surface area contributed by atoms with E-state index in [0.717, 1.165) is 32.9 Å². The molecule has 0 saturated heterocycles. The lowest BCUT2D eigenvalue weighted by molar-refractivity contribution is -0.208. The normalized spacial score (nSPS) is 26.0. The highest BCUT2D eigenvalue weighted by molar-refractivity contribution is 5.90. The first-order valence-corrected chi connectivity index (χ1v) is 6.31. The molecular weight excluding hydrogens is 301 g/mol. The molecule has 2 rings (SSSR count). The number of aliphatic imine (C=N–C) groups is 1. The van der Waals surface area contributed by atoms with Gasteiger partial charge in [0.1, 0.15) is 17.2 Å². The SMILES string of the molecule is CC1(C)OC(N)=N[C@](C)(c2nc(C(N)=O)ccc2F)C1(F)F. The number of hydrogen-bond donors (Lipinski definition) is 2. The molecule has 0 spiro atoms. The minimum absolute atomic E-state index is 0.355. The molecule has 1 atom stereocenters. The van der Waals surface area contributed by atoms with Gasteiger partial charge in [-0.1, -0.05) is 0 Å². The van der Waals surface area contributed by atoms with Crippen molar-refractivity contribution in [3.63, 3.8) is 0 Å². The highest BCUT2D eigenvalue weighted by Crippen LogP contribution is 2.51. The zero-order valence-electron chi connectivity index (χ0n) is 12.2. The summed E-state index contributed by atoms with van der Waals surface area (Å²) in [7, 11) is 0. The predicted molar refractivity (Wildman–Crippen MR) is 71.8 cm³/mol. The number of hydrogen-bond acceptors (Lipinski definition) is 5. The van der Waals surface area contributed by atoms with Gasteiger partial charge in [-0.25, -0.2) is 14.4 Å². The molecule has 22 heavy (non-hydrogen) atoms. The summed E-state index contributed by atoms with van der Waals surface area (Å²) in [5, 5.41) is 0. The molecule has 1 aliphatic rings. The Kier molecular flexibility index (Phi) is 3.35. The Balaban J connectivity index is 2.75. The number of ether oxygens (including phenoxy) is 1. The number of primary amides is 1. The fourth-order valence-corrected chi connectivity index (χ4v) is 2.35. The number of amides is 1. The van der Waals surface area contributed by atoms with E-state index in [9.17, 15) is 18.0 Å². The van der Waals surface area contributed by atoms with E-state index in [1.54, 1.807) is 0 Å². The molecular formula is C13H15F3N4O2. The van der Waals surface area contributed by atoms with Gasteiger partial charge >= 0.3 is 5.92 Å². The fourth-order valence-electron chi connectivity index (χ4n) is 2.35. The lowest BCUT2D eigenvalue weighted by Gasteiger charge is -2.46. The quantitative estimate of drug-likeness (QED) is 0.858. The van der Waals surface area contributed by atoms with Crippen LogP contribution in [0, 0.1) is 5.82 Å². The van der Waals surface area contributed by atoms with Gasteiger partial charge in [0, 0.05) is 0 Å². The van der Waals surface area contributed by atoms with Crippen LogP contribution in [0.5, 0.6) is 0 Å². The van der Waals surface area contributed by atoms with Crippen LogP contribution in [0.25, 0.3) is 0 Å². The van der Waals surface area contributed by atoms with Gasteiger partial charge < -0.3 is 16.2 Å². The zero-order valence-corrected chi connectivity index (χ0v) is 12.2. The van der Waals surface area contributed by atoms with Gasteiger partial charge in [-0.2, -0.15) is 8.78 Å². The molecule has 9 heteroatoms. The first-order chi connectivity index (χ1) is 9.92. The molecule has 0 fully saturated rings. The van der Waals surface area contributed by atoms with Gasteiger partial charge in [0.05, 0.1) is 0 Å². The van der Waals surface area contributed by atoms with Crippen molar-refractivity contribution in [1.82, 2.24) is 4.98 Å². The Morgan fingerprint density at radius 1 is 1.27 bits per heavy atom. The molecule has 1 aromatic rings. The molecule has 4 N–H and O–H groups in total. The average Bonchev–Trinajstić information content (AvgIpc) is 2.35. The van der Waals surface area contributed by atoms with Crippen LogP contribution in [0.15, 0.2) is 17.1 Å². The van der Waals surface area contributed by atoms with Gasteiger partial charge in [0.15, 0.2) is 11.1 Å².